The second kappa shape index (κ2) is 5.63. The summed E-state index contributed by atoms with van der Waals surface area (Å²) in [5, 5.41) is 0. The molecule has 0 aromatic heterocycles. The average molecular weight is 289 g/mol. The lowest BCUT2D eigenvalue weighted by Crippen LogP contribution is -2.48. The highest BCUT2D eigenvalue weighted by atomic mass is 19.3. The van der Waals surface area contributed by atoms with Crippen molar-refractivity contribution in [2.75, 3.05) is 13.1 Å². The van der Waals surface area contributed by atoms with Crippen LogP contribution >= 0.6 is 0 Å². The van der Waals surface area contributed by atoms with Crippen molar-refractivity contribution in [3.63, 3.8) is 0 Å². The van der Waals surface area contributed by atoms with Gasteiger partial charge in [-0.3, -0.25) is 9.59 Å². The highest BCUT2D eigenvalue weighted by Crippen LogP contribution is 2.32. The fourth-order valence-corrected chi connectivity index (χ4v) is 3.10. The monoisotopic (exact) mass is 289 g/mol. The second-order valence-corrected chi connectivity index (χ2v) is 5.91. The van der Waals surface area contributed by atoms with Crippen molar-refractivity contribution in [2.24, 2.45) is 23.3 Å². The molecule has 2 fully saturated rings. The molecule has 0 aromatic rings. The Hall–Kier alpha value is -1.24. The predicted molar refractivity (Wildman–Crippen MR) is 68.8 cm³/mol. The van der Waals surface area contributed by atoms with Crippen molar-refractivity contribution < 1.29 is 18.4 Å². The Kier molecular flexibility index (Phi) is 4.27. The minimum atomic E-state index is -2.79. The molecule has 1 saturated heterocycles. The molecule has 0 bridgehead atoms. The predicted octanol–water partition coefficient (Wildman–Crippen LogP) is 0.473. The van der Waals surface area contributed by atoms with Crippen LogP contribution in [0.3, 0.4) is 0 Å². The maximum atomic E-state index is 13.1. The Bertz CT molecular complexity index is 395. The van der Waals surface area contributed by atoms with Crippen molar-refractivity contribution in [1.29, 1.82) is 0 Å². The number of alkyl halides is 2. The van der Waals surface area contributed by atoms with Crippen molar-refractivity contribution in [3.05, 3.63) is 0 Å². The van der Waals surface area contributed by atoms with Crippen molar-refractivity contribution >= 4 is 11.8 Å². The van der Waals surface area contributed by atoms with Crippen LogP contribution in [0.2, 0.25) is 0 Å². The lowest BCUT2D eigenvalue weighted by Gasteiger charge is -2.32. The first-order valence-corrected chi connectivity index (χ1v) is 7.02. The zero-order chi connectivity index (χ0) is 14.9. The summed E-state index contributed by atoms with van der Waals surface area (Å²) in [5.74, 6) is -3.71. The molecule has 1 unspecified atom stereocenters. The first-order chi connectivity index (χ1) is 9.30. The molecule has 4 N–H and O–H groups in total. The molecule has 1 atom stereocenters. The summed E-state index contributed by atoms with van der Waals surface area (Å²) in [7, 11) is 0. The smallest absolute Gasteiger partial charge is 0.267 e. The first-order valence-electron chi connectivity index (χ1n) is 7.02. The molecular weight excluding hydrogens is 268 g/mol. The summed E-state index contributed by atoms with van der Waals surface area (Å²) in [4.78, 5) is 24.4. The van der Waals surface area contributed by atoms with E-state index in [4.69, 9.17) is 11.5 Å². The van der Waals surface area contributed by atoms with Gasteiger partial charge in [0, 0.05) is 18.9 Å². The van der Waals surface area contributed by atoms with E-state index < -0.39 is 24.4 Å². The summed E-state index contributed by atoms with van der Waals surface area (Å²) in [5.41, 5.74) is 11.2. The van der Waals surface area contributed by atoms with Gasteiger partial charge in [0.15, 0.2) is 0 Å². The van der Waals surface area contributed by atoms with E-state index in [1.165, 1.54) is 0 Å². The maximum absolute atomic E-state index is 13.1. The Morgan fingerprint density at radius 1 is 1.20 bits per heavy atom. The van der Waals surface area contributed by atoms with Crippen LogP contribution in [0.1, 0.15) is 32.1 Å². The molecule has 0 aromatic carbocycles. The summed E-state index contributed by atoms with van der Waals surface area (Å²) >= 11 is 0. The van der Waals surface area contributed by atoms with E-state index in [-0.39, 0.29) is 30.7 Å². The highest BCUT2D eigenvalue weighted by Gasteiger charge is 2.42. The fraction of sp³-hybridized carbons (Fsp3) is 0.846. The molecule has 0 spiro atoms. The van der Waals surface area contributed by atoms with Crippen molar-refractivity contribution in [3.8, 4) is 0 Å². The number of nitrogens with two attached hydrogens (primary N) is 2. The lowest BCUT2D eigenvalue weighted by atomic mass is 9.78. The second-order valence-electron chi connectivity index (χ2n) is 5.91. The average Bonchev–Trinajstić information content (AvgIpc) is 2.77. The van der Waals surface area contributed by atoms with Crippen LogP contribution in [-0.4, -0.2) is 41.8 Å². The number of likely N-dealkylation sites (tertiary alicyclic amines) is 1. The number of hydrogen-bond donors (Lipinski definition) is 2. The quantitative estimate of drug-likeness (QED) is 0.791. The van der Waals surface area contributed by atoms with Gasteiger partial charge in [-0.15, -0.1) is 0 Å². The summed E-state index contributed by atoms with van der Waals surface area (Å²) in [6.45, 7) is -0.466. The van der Waals surface area contributed by atoms with Gasteiger partial charge in [-0.05, 0) is 31.6 Å². The van der Waals surface area contributed by atoms with Gasteiger partial charge < -0.3 is 16.4 Å². The van der Waals surface area contributed by atoms with E-state index in [0.29, 0.717) is 25.7 Å². The van der Waals surface area contributed by atoms with Gasteiger partial charge in [-0.1, -0.05) is 0 Å². The fourth-order valence-electron chi connectivity index (χ4n) is 3.10. The summed E-state index contributed by atoms with van der Waals surface area (Å²) < 4.78 is 26.2. The van der Waals surface area contributed by atoms with Gasteiger partial charge in [-0.2, -0.15) is 0 Å². The number of nitrogens with zero attached hydrogens (tertiary/aromatic N) is 1. The zero-order valence-electron chi connectivity index (χ0n) is 11.4. The molecule has 7 heteroatoms. The molecule has 2 rings (SSSR count). The molecule has 2 amide bonds. The van der Waals surface area contributed by atoms with Gasteiger partial charge in [-0.25, -0.2) is 8.78 Å². The highest BCUT2D eigenvalue weighted by molar-refractivity contribution is 5.82. The number of amides is 2. The van der Waals surface area contributed by atoms with E-state index in [2.05, 4.69) is 0 Å². The summed E-state index contributed by atoms with van der Waals surface area (Å²) in [6, 6.07) is -0.752. The van der Waals surface area contributed by atoms with Gasteiger partial charge in [0.05, 0.1) is 12.6 Å². The minimum absolute atomic E-state index is 0.0488. The Labute approximate surface area is 116 Å². The van der Waals surface area contributed by atoms with Crippen LogP contribution in [0.4, 0.5) is 8.78 Å². The molecule has 2 aliphatic rings. The van der Waals surface area contributed by atoms with Gasteiger partial charge >= 0.3 is 0 Å². The Morgan fingerprint density at radius 3 is 2.25 bits per heavy atom. The number of hydrogen-bond acceptors (Lipinski definition) is 3. The number of carbonyl (C=O) groups is 2. The minimum Gasteiger partial charge on any atom is -0.369 e. The molecule has 1 aliphatic heterocycles. The van der Waals surface area contributed by atoms with E-state index in [1.54, 1.807) is 0 Å². The molecule has 114 valence electrons. The number of carbonyl (C=O) groups excluding carboxylic acids is 2. The molecule has 1 heterocycles. The van der Waals surface area contributed by atoms with E-state index in [0.717, 1.165) is 4.90 Å². The molecule has 0 radical (unpaired) electrons. The Balaban J connectivity index is 1.87. The molecule has 1 saturated carbocycles. The maximum Gasteiger partial charge on any atom is 0.267 e. The van der Waals surface area contributed by atoms with Crippen LogP contribution in [-0.2, 0) is 9.59 Å². The van der Waals surface area contributed by atoms with Gasteiger partial charge in [0.2, 0.25) is 11.8 Å². The van der Waals surface area contributed by atoms with Gasteiger partial charge in [0.1, 0.15) is 0 Å². The molecule has 1 aliphatic carbocycles. The van der Waals surface area contributed by atoms with Gasteiger partial charge in [0.25, 0.3) is 5.92 Å². The van der Waals surface area contributed by atoms with Crippen molar-refractivity contribution in [1.82, 2.24) is 4.90 Å². The van der Waals surface area contributed by atoms with Crippen LogP contribution in [0.15, 0.2) is 0 Å². The first kappa shape index (κ1) is 15.2. The lowest BCUT2D eigenvalue weighted by molar-refractivity contribution is -0.134. The summed E-state index contributed by atoms with van der Waals surface area (Å²) in [6.07, 6.45) is 2.24. The molecule has 20 heavy (non-hydrogen) atoms. The number of halogens is 2. The zero-order valence-corrected chi connectivity index (χ0v) is 11.4. The van der Waals surface area contributed by atoms with Crippen LogP contribution in [0, 0.1) is 11.8 Å². The Morgan fingerprint density at radius 2 is 1.80 bits per heavy atom. The largest absolute Gasteiger partial charge is 0.369 e. The third kappa shape index (κ3) is 3.26. The molecule has 5 nitrogen and oxygen atoms in total. The SMILES string of the molecule is NC(=O)C1CCC(C(N)C(=O)N2CCC(F)(F)C2)CC1. The van der Waals surface area contributed by atoms with E-state index in [9.17, 15) is 18.4 Å². The van der Waals surface area contributed by atoms with Crippen LogP contribution in [0.25, 0.3) is 0 Å². The topological polar surface area (TPSA) is 89.4 Å². The normalized spacial score (nSPS) is 31.1. The van der Waals surface area contributed by atoms with Crippen molar-refractivity contribution in [2.45, 2.75) is 44.1 Å². The van der Waals surface area contributed by atoms with E-state index in [1.807, 2.05) is 0 Å². The van der Waals surface area contributed by atoms with Crippen LogP contribution < -0.4 is 11.5 Å². The van der Waals surface area contributed by atoms with Crippen LogP contribution in [0.5, 0.6) is 0 Å². The molecular formula is C13H21F2N3O2. The number of primary amides is 1. The standard InChI is InChI=1S/C13H21F2N3O2/c14-13(15)5-6-18(7-13)12(20)10(16)8-1-3-9(4-2-8)11(17)19/h8-10H,1-7,16H2,(H2,17,19). The third-order valence-electron chi connectivity index (χ3n) is 4.45. The van der Waals surface area contributed by atoms with E-state index >= 15 is 0 Å². The third-order valence-corrected chi connectivity index (χ3v) is 4.45. The number of rotatable bonds is 3.